The summed E-state index contributed by atoms with van der Waals surface area (Å²) in [5.41, 5.74) is 2.00. The molecule has 0 aromatic heterocycles. The van der Waals surface area contributed by atoms with Gasteiger partial charge in [-0.3, -0.25) is 0 Å². The van der Waals surface area contributed by atoms with E-state index in [1.54, 1.807) is 0 Å². The summed E-state index contributed by atoms with van der Waals surface area (Å²) in [5.74, 6) is 1.62. The third kappa shape index (κ3) is 3.91. The Bertz CT molecular complexity index is 487. The molecule has 0 unspecified atom stereocenters. The summed E-state index contributed by atoms with van der Waals surface area (Å²) in [6.45, 7) is 5.22. The van der Waals surface area contributed by atoms with Gasteiger partial charge in [-0.25, -0.2) is 0 Å². The molecule has 0 aliphatic heterocycles. The first-order valence-electron chi connectivity index (χ1n) is 6.54. The molecule has 0 saturated carbocycles. The molecule has 3 heteroatoms. The molecule has 2 aromatic carbocycles. The Hall–Kier alpha value is -2.16. The van der Waals surface area contributed by atoms with Crippen LogP contribution in [-0.4, -0.2) is 13.2 Å². The first-order chi connectivity index (χ1) is 9.31. The molecular weight excluding hydrogens is 238 g/mol. The van der Waals surface area contributed by atoms with Crippen LogP contribution in [0.15, 0.2) is 48.5 Å². The molecule has 2 aromatic rings. The zero-order chi connectivity index (χ0) is 13.5. The van der Waals surface area contributed by atoms with Crippen LogP contribution in [0.3, 0.4) is 0 Å². The molecule has 100 valence electrons. The van der Waals surface area contributed by atoms with Crippen LogP contribution in [0, 0.1) is 0 Å². The maximum Gasteiger partial charge on any atom is 0.125 e. The van der Waals surface area contributed by atoms with Crippen LogP contribution in [0.25, 0.3) is 0 Å². The number of hydrogen-bond donors (Lipinski definition) is 1. The third-order valence-electron chi connectivity index (χ3n) is 2.56. The van der Waals surface area contributed by atoms with E-state index in [-0.39, 0.29) is 0 Å². The lowest BCUT2D eigenvalue weighted by Gasteiger charge is -2.12. The molecule has 0 heterocycles. The molecule has 0 bridgehead atoms. The second-order valence-electron chi connectivity index (χ2n) is 4.05. The van der Waals surface area contributed by atoms with Gasteiger partial charge in [0.25, 0.3) is 0 Å². The summed E-state index contributed by atoms with van der Waals surface area (Å²) < 4.78 is 11.1. The topological polar surface area (TPSA) is 30.5 Å². The molecule has 0 fully saturated rings. The highest BCUT2D eigenvalue weighted by atomic mass is 16.5. The van der Waals surface area contributed by atoms with E-state index in [1.807, 2.05) is 62.4 Å². The van der Waals surface area contributed by atoms with Gasteiger partial charge in [-0.05, 0) is 26.0 Å². The molecule has 2 rings (SSSR count). The maximum atomic E-state index is 5.55. The molecule has 19 heavy (non-hydrogen) atoms. The standard InChI is InChI=1S/C16H19NO2/c1-3-18-15-10-14(11-16(12-15)19-4-2)17-13-8-6-5-7-9-13/h5-12,17H,3-4H2,1-2H3. The van der Waals surface area contributed by atoms with Gasteiger partial charge in [0.05, 0.1) is 13.2 Å². The fraction of sp³-hybridized carbons (Fsp3) is 0.250. The number of para-hydroxylation sites is 1. The lowest BCUT2D eigenvalue weighted by atomic mass is 10.2. The average Bonchev–Trinajstić information content (AvgIpc) is 2.40. The molecule has 0 aliphatic carbocycles. The number of ether oxygens (including phenoxy) is 2. The first kappa shape index (κ1) is 13.3. The summed E-state index contributed by atoms with van der Waals surface area (Å²) in [7, 11) is 0. The monoisotopic (exact) mass is 257 g/mol. The van der Waals surface area contributed by atoms with E-state index in [0.29, 0.717) is 13.2 Å². The Kier molecular flexibility index (Phi) is 4.67. The van der Waals surface area contributed by atoms with Crippen molar-refractivity contribution in [3.8, 4) is 11.5 Å². The van der Waals surface area contributed by atoms with Crippen molar-refractivity contribution in [1.82, 2.24) is 0 Å². The number of rotatable bonds is 6. The number of hydrogen-bond acceptors (Lipinski definition) is 3. The van der Waals surface area contributed by atoms with E-state index in [9.17, 15) is 0 Å². The van der Waals surface area contributed by atoms with E-state index in [0.717, 1.165) is 22.9 Å². The molecule has 0 saturated heterocycles. The summed E-state index contributed by atoms with van der Waals surface area (Å²) in [5, 5.41) is 3.34. The molecule has 0 amide bonds. The van der Waals surface area contributed by atoms with Crippen molar-refractivity contribution >= 4 is 11.4 Å². The minimum absolute atomic E-state index is 0.639. The number of benzene rings is 2. The zero-order valence-electron chi connectivity index (χ0n) is 11.3. The maximum absolute atomic E-state index is 5.55. The fourth-order valence-corrected chi connectivity index (χ4v) is 1.83. The van der Waals surface area contributed by atoms with Crippen molar-refractivity contribution in [2.75, 3.05) is 18.5 Å². The van der Waals surface area contributed by atoms with Gasteiger partial charge in [-0.2, -0.15) is 0 Å². The van der Waals surface area contributed by atoms with Gasteiger partial charge < -0.3 is 14.8 Å². The van der Waals surface area contributed by atoms with Crippen molar-refractivity contribution in [2.45, 2.75) is 13.8 Å². The number of nitrogens with one attached hydrogen (secondary N) is 1. The Morgan fingerprint density at radius 2 is 1.37 bits per heavy atom. The minimum atomic E-state index is 0.639. The third-order valence-corrected chi connectivity index (χ3v) is 2.56. The summed E-state index contributed by atoms with van der Waals surface area (Å²) >= 11 is 0. The van der Waals surface area contributed by atoms with Crippen molar-refractivity contribution < 1.29 is 9.47 Å². The normalized spacial score (nSPS) is 10.0. The first-order valence-corrected chi connectivity index (χ1v) is 6.54. The Balaban J connectivity index is 2.23. The van der Waals surface area contributed by atoms with Gasteiger partial charge in [0.1, 0.15) is 11.5 Å². The van der Waals surface area contributed by atoms with E-state index < -0.39 is 0 Å². The smallest absolute Gasteiger partial charge is 0.125 e. The van der Waals surface area contributed by atoms with Crippen molar-refractivity contribution in [3.63, 3.8) is 0 Å². The van der Waals surface area contributed by atoms with Crippen LogP contribution < -0.4 is 14.8 Å². The highest BCUT2D eigenvalue weighted by Gasteiger charge is 2.03. The van der Waals surface area contributed by atoms with Crippen LogP contribution in [0.4, 0.5) is 11.4 Å². The van der Waals surface area contributed by atoms with Crippen LogP contribution in [0.5, 0.6) is 11.5 Å². The van der Waals surface area contributed by atoms with Crippen molar-refractivity contribution in [1.29, 1.82) is 0 Å². The van der Waals surface area contributed by atoms with Crippen LogP contribution in [-0.2, 0) is 0 Å². The minimum Gasteiger partial charge on any atom is -0.494 e. The van der Waals surface area contributed by atoms with E-state index in [4.69, 9.17) is 9.47 Å². The van der Waals surface area contributed by atoms with Gasteiger partial charge >= 0.3 is 0 Å². The fourth-order valence-electron chi connectivity index (χ4n) is 1.83. The SMILES string of the molecule is CCOc1cc(Nc2ccccc2)cc(OCC)c1. The van der Waals surface area contributed by atoms with Crippen molar-refractivity contribution in [3.05, 3.63) is 48.5 Å². The van der Waals surface area contributed by atoms with Gasteiger partial charge in [-0.15, -0.1) is 0 Å². The highest BCUT2D eigenvalue weighted by Crippen LogP contribution is 2.28. The second-order valence-corrected chi connectivity index (χ2v) is 4.05. The van der Waals surface area contributed by atoms with Gasteiger partial charge in [0, 0.05) is 29.6 Å². The summed E-state index contributed by atoms with van der Waals surface area (Å²) in [6.07, 6.45) is 0. The summed E-state index contributed by atoms with van der Waals surface area (Å²) in [4.78, 5) is 0. The Morgan fingerprint density at radius 3 is 1.89 bits per heavy atom. The molecule has 0 aliphatic rings. The Morgan fingerprint density at radius 1 is 0.789 bits per heavy atom. The zero-order valence-corrected chi connectivity index (χ0v) is 11.3. The van der Waals surface area contributed by atoms with E-state index >= 15 is 0 Å². The largest absolute Gasteiger partial charge is 0.494 e. The van der Waals surface area contributed by atoms with Crippen LogP contribution in [0.2, 0.25) is 0 Å². The second kappa shape index (κ2) is 6.69. The molecular formula is C16H19NO2. The van der Waals surface area contributed by atoms with Gasteiger partial charge in [0.15, 0.2) is 0 Å². The van der Waals surface area contributed by atoms with E-state index in [2.05, 4.69) is 5.32 Å². The highest BCUT2D eigenvalue weighted by molar-refractivity contribution is 5.63. The Labute approximate surface area is 114 Å². The number of anilines is 2. The van der Waals surface area contributed by atoms with Gasteiger partial charge in [0.2, 0.25) is 0 Å². The lowest BCUT2D eigenvalue weighted by molar-refractivity contribution is 0.323. The molecule has 0 atom stereocenters. The van der Waals surface area contributed by atoms with Crippen LogP contribution in [0.1, 0.15) is 13.8 Å². The predicted octanol–water partition coefficient (Wildman–Crippen LogP) is 4.23. The van der Waals surface area contributed by atoms with E-state index in [1.165, 1.54) is 0 Å². The molecule has 1 N–H and O–H groups in total. The molecule has 0 radical (unpaired) electrons. The molecule has 0 spiro atoms. The van der Waals surface area contributed by atoms with Crippen molar-refractivity contribution in [2.24, 2.45) is 0 Å². The average molecular weight is 257 g/mol. The van der Waals surface area contributed by atoms with Gasteiger partial charge in [-0.1, -0.05) is 18.2 Å². The quantitative estimate of drug-likeness (QED) is 0.840. The summed E-state index contributed by atoms with van der Waals surface area (Å²) in [6, 6.07) is 15.9. The lowest BCUT2D eigenvalue weighted by Crippen LogP contribution is -1.97. The predicted molar refractivity (Wildman–Crippen MR) is 78.5 cm³/mol. The van der Waals surface area contributed by atoms with Crippen LogP contribution >= 0.6 is 0 Å². The molecule has 3 nitrogen and oxygen atoms in total.